The van der Waals surface area contributed by atoms with Crippen molar-refractivity contribution in [1.29, 1.82) is 0 Å². The molecule has 1 aliphatic carbocycles. The second-order valence-electron chi connectivity index (χ2n) is 5.02. The van der Waals surface area contributed by atoms with Gasteiger partial charge in [0, 0.05) is 24.7 Å². The van der Waals surface area contributed by atoms with Gasteiger partial charge in [0.1, 0.15) is 10.7 Å². The average molecular weight is 314 g/mol. The fourth-order valence-electron chi connectivity index (χ4n) is 2.02. The first-order valence-electron chi connectivity index (χ1n) is 7.00. The summed E-state index contributed by atoms with van der Waals surface area (Å²) in [7, 11) is -3.92. The zero-order valence-electron chi connectivity index (χ0n) is 12.1. The first kappa shape index (κ1) is 15.9. The predicted octanol–water partition coefficient (Wildman–Crippen LogP) is 1.75. The van der Waals surface area contributed by atoms with Crippen LogP contribution in [0.3, 0.4) is 0 Å². The third-order valence-electron chi connectivity index (χ3n) is 3.42. The summed E-state index contributed by atoms with van der Waals surface area (Å²) in [5.41, 5.74) is 0.177. The average Bonchev–Trinajstić information content (AvgIpc) is 3.23. The monoisotopic (exact) mass is 314 g/mol. The highest BCUT2D eigenvalue weighted by Gasteiger charge is 2.30. The lowest BCUT2D eigenvalue weighted by molar-refractivity contribution is 0.0772. The first-order chi connectivity index (χ1) is 9.89. The number of nitrogens with one attached hydrogen (secondary N) is 1. The lowest BCUT2D eigenvalue weighted by Gasteiger charge is -2.19. The minimum absolute atomic E-state index is 0.114. The Morgan fingerprint density at radius 2 is 1.95 bits per heavy atom. The first-order valence-corrected chi connectivity index (χ1v) is 8.48. The summed E-state index contributed by atoms with van der Waals surface area (Å²) in [5, 5.41) is 0. The number of amides is 1. The van der Waals surface area contributed by atoms with E-state index in [2.05, 4.69) is 4.72 Å². The number of hydrogen-bond acceptors (Lipinski definition) is 3. The van der Waals surface area contributed by atoms with Gasteiger partial charge >= 0.3 is 0 Å². The second kappa shape index (κ2) is 6.11. The van der Waals surface area contributed by atoms with E-state index in [1.54, 1.807) is 4.90 Å². The van der Waals surface area contributed by atoms with E-state index in [-0.39, 0.29) is 17.5 Å². The van der Waals surface area contributed by atoms with Crippen LogP contribution >= 0.6 is 0 Å². The summed E-state index contributed by atoms with van der Waals surface area (Å²) in [6, 6.07) is 3.34. The number of hydrogen-bond donors (Lipinski definition) is 1. The maximum absolute atomic E-state index is 13.8. The standard InChI is InChI=1S/C14H19FN2O3S/c1-3-17(4-2)14(18)10-5-8-12(15)13(9-10)21(19,20)16-11-6-7-11/h5,8-9,11,16H,3-4,6-7H2,1-2H3. The fraction of sp³-hybridized carbons (Fsp3) is 0.500. The van der Waals surface area contributed by atoms with Crippen molar-refractivity contribution in [3.8, 4) is 0 Å². The maximum Gasteiger partial charge on any atom is 0.253 e. The van der Waals surface area contributed by atoms with Crippen LogP contribution in [0.25, 0.3) is 0 Å². The number of sulfonamides is 1. The lowest BCUT2D eigenvalue weighted by atomic mass is 10.2. The van der Waals surface area contributed by atoms with Crippen LogP contribution in [-0.2, 0) is 10.0 Å². The molecule has 1 aliphatic rings. The molecule has 1 aromatic carbocycles. The van der Waals surface area contributed by atoms with Crippen LogP contribution in [-0.4, -0.2) is 38.4 Å². The molecule has 7 heteroatoms. The predicted molar refractivity (Wildman–Crippen MR) is 77.0 cm³/mol. The van der Waals surface area contributed by atoms with Crippen LogP contribution in [0.1, 0.15) is 37.0 Å². The van der Waals surface area contributed by atoms with Crippen molar-refractivity contribution < 1.29 is 17.6 Å². The van der Waals surface area contributed by atoms with E-state index in [4.69, 9.17) is 0 Å². The summed E-state index contributed by atoms with van der Waals surface area (Å²) in [6.45, 7) is 4.68. The van der Waals surface area contributed by atoms with E-state index in [0.717, 1.165) is 25.0 Å². The Bertz CT molecular complexity index is 638. The highest BCUT2D eigenvalue weighted by Crippen LogP contribution is 2.24. The number of carbonyl (C=O) groups excluding carboxylic acids is 1. The molecule has 116 valence electrons. The highest BCUT2D eigenvalue weighted by molar-refractivity contribution is 7.89. The molecule has 0 radical (unpaired) electrons. The van der Waals surface area contributed by atoms with Crippen LogP contribution in [0.5, 0.6) is 0 Å². The molecule has 0 unspecified atom stereocenters. The SMILES string of the molecule is CCN(CC)C(=O)c1ccc(F)c(S(=O)(=O)NC2CC2)c1. The molecule has 1 aromatic rings. The van der Waals surface area contributed by atoms with E-state index < -0.39 is 20.7 Å². The minimum Gasteiger partial charge on any atom is -0.339 e. The molecule has 0 bridgehead atoms. The topological polar surface area (TPSA) is 66.5 Å². The van der Waals surface area contributed by atoms with Gasteiger partial charge in [0.2, 0.25) is 10.0 Å². The summed E-state index contributed by atoms with van der Waals surface area (Å²) >= 11 is 0. The lowest BCUT2D eigenvalue weighted by Crippen LogP contribution is -2.31. The van der Waals surface area contributed by atoms with Gasteiger partial charge in [-0.1, -0.05) is 0 Å². The third-order valence-corrected chi connectivity index (χ3v) is 4.95. The van der Waals surface area contributed by atoms with Crippen molar-refractivity contribution >= 4 is 15.9 Å². The molecule has 1 saturated carbocycles. The molecule has 2 rings (SSSR count). The van der Waals surface area contributed by atoms with Crippen molar-refractivity contribution in [2.45, 2.75) is 37.6 Å². The van der Waals surface area contributed by atoms with Crippen molar-refractivity contribution in [3.05, 3.63) is 29.6 Å². The molecule has 0 heterocycles. The number of nitrogens with zero attached hydrogens (tertiary/aromatic N) is 1. The van der Waals surface area contributed by atoms with Crippen molar-refractivity contribution in [2.24, 2.45) is 0 Å². The van der Waals surface area contributed by atoms with Crippen LogP contribution in [0.4, 0.5) is 4.39 Å². The van der Waals surface area contributed by atoms with E-state index >= 15 is 0 Å². The Morgan fingerprint density at radius 1 is 1.33 bits per heavy atom. The molecular weight excluding hydrogens is 295 g/mol. The molecule has 21 heavy (non-hydrogen) atoms. The quantitative estimate of drug-likeness (QED) is 0.870. The van der Waals surface area contributed by atoms with Gasteiger partial charge < -0.3 is 4.90 Å². The zero-order valence-corrected chi connectivity index (χ0v) is 12.9. The number of carbonyl (C=O) groups is 1. The van der Waals surface area contributed by atoms with Gasteiger partial charge in [-0.3, -0.25) is 4.79 Å². The Hall–Kier alpha value is -1.47. The molecule has 0 aliphatic heterocycles. The highest BCUT2D eigenvalue weighted by atomic mass is 32.2. The third kappa shape index (κ3) is 3.59. The van der Waals surface area contributed by atoms with E-state index in [1.165, 1.54) is 6.07 Å². The van der Waals surface area contributed by atoms with Gasteiger partial charge in [0.05, 0.1) is 0 Å². The van der Waals surface area contributed by atoms with Gasteiger partial charge in [-0.25, -0.2) is 17.5 Å². The molecule has 1 N–H and O–H groups in total. The largest absolute Gasteiger partial charge is 0.339 e. The van der Waals surface area contributed by atoms with Crippen LogP contribution in [0.15, 0.2) is 23.1 Å². The molecule has 0 atom stereocenters. The summed E-state index contributed by atoms with van der Waals surface area (Å²) in [6.07, 6.45) is 1.53. The van der Waals surface area contributed by atoms with Crippen molar-refractivity contribution in [1.82, 2.24) is 9.62 Å². The van der Waals surface area contributed by atoms with E-state index in [9.17, 15) is 17.6 Å². The Balaban J connectivity index is 2.34. The second-order valence-corrected chi connectivity index (χ2v) is 6.70. The molecule has 0 aromatic heterocycles. The van der Waals surface area contributed by atoms with Crippen LogP contribution < -0.4 is 4.72 Å². The smallest absolute Gasteiger partial charge is 0.253 e. The van der Waals surface area contributed by atoms with Gasteiger partial charge in [-0.15, -0.1) is 0 Å². The molecule has 1 fully saturated rings. The number of halogens is 1. The molecule has 0 saturated heterocycles. The van der Waals surface area contributed by atoms with Gasteiger partial charge in [-0.05, 0) is 44.9 Å². The fourth-order valence-corrected chi connectivity index (χ4v) is 3.43. The minimum atomic E-state index is -3.92. The van der Waals surface area contributed by atoms with E-state index in [1.807, 2.05) is 13.8 Å². The summed E-state index contributed by atoms with van der Waals surface area (Å²) in [4.78, 5) is 13.3. The van der Waals surface area contributed by atoms with Gasteiger partial charge in [-0.2, -0.15) is 0 Å². The van der Waals surface area contributed by atoms with Crippen LogP contribution in [0.2, 0.25) is 0 Å². The maximum atomic E-state index is 13.8. The normalized spacial score (nSPS) is 15.0. The van der Waals surface area contributed by atoms with E-state index in [0.29, 0.717) is 13.1 Å². The number of benzene rings is 1. The summed E-state index contributed by atoms with van der Waals surface area (Å²) in [5.74, 6) is -1.15. The van der Waals surface area contributed by atoms with Crippen molar-refractivity contribution in [2.75, 3.05) is 13.1 Å². The Morgan fingerprint density at radius 3 is 2.48 bits per heavy atom. The molecule has 5 nitrogen and oxygen atoms in total. The van der Waals surface area contributed by atoms with Crippen molar-refractivity contribution in [3.63, 3.8) is 0 Å². The van der Waals surface area contributed by atoms with Gasteiger partial charge in [0.15, 0.2) is 0 Å². The molecule has 1 amide bonds. The molecule has 0 spiro atoms. The molecular formula is C14H19FN2O3S. The zero-order chi connectivity index (χ0) is 15.6. The Kier molecular flexibility index (Phi) is 4.63. The van der Waals surface area contributed by atoms with Gasteiger partial charge in [0.25, 0.3) is 5.91 Å². The Labute approximate surface area is 124 Å². The summed E-state index contributed by atoms with van der Waals surface area (Å²) < 4.78 is 40.5. The number of rotatable bonds is 6. The van der Waals surface area contributed by atoms with Crippen LogP contribution in [0, 0.1) is 5.82 Å².